The van der Waals surface area contributed by atoms with E-state index in [-0.39, 0.29) is 27.1 Å². The quantitative estimate of drug-likeness (QED) is 0.161. The Morgan fingerprint density at radius 2 is 1.16 bits per heavy atom. The van der Waals surface area contributed by atoms with E-state index >= 15 is 0 Å². The molecule has 0 saturated heterocycles. The lowest BCUT2D eigenvalue weighted by molar-refractivity contribution is 0.332. The van der Waals surface area contributed by atoms with Crippen molar-refractivity contribution in [1.82, 2.24) is 0 Å². The lowest BCUT2D eigenvalue weighted by Crippen LogP contribution is -2.44. The Labute approximate surface area is 378 Å². The summed E-state index contributed by atoms with van der Waals surface area (Å²) in [7, 11) is 2.49. The average molecular weight is 830 g/mol. The van der Waals surface area contributed by atoms with Crippen molar-refractivity contribution in [3.63, 3.8) is 0 Å². The standard InChI is InChI=1S/C59H66BN2O/c1-37-30-50(61(42-24-20-39(21-25-42)55(2,3)4)52-36-63-53-27-23-41(33-44(52)53)57(8,9)10)54-51(31-37)62(48-26-22-40(56(5,6)7)32-43(48)38-18-16-15-17-19-38)49-35-46-45(34-47(49)60-54)58(11,12)28-29-59(46,13)14/h15-27,30-36H,28-29H2,1-14H3. The van der Waals surface area contributed by atoms with Gasteiger partial charge in [0.1, 0.15) is 11.8 Å². The minimum Gasteiger partial charge on any atom is -0.462 e. The summed E-state index contributed by atoms with van der Waals surface area (Å²) in [5.41, 5.74) is 20.7. The molecular weight excluding hydrogens is 763 g/mol. The van der Waals surface area contributed by atoms with Gasteiger partial charge in [0.2, 0.25) is 0 Å². The fourth-order valence-corrected chi connectivity index (χ4v) is 9.97. The van der Waals surface area contributed by atoms with Crippen LogP contribution in [-0.2, 0) is 27.1 Å². The van der Waals surface area contributed by atoms with Gasteiger partial charge in [-0.05, 0) is 146 Å². The molecule has 1 aromatic heterocycles. The Morgan fingerprint density at radius 3 is 1.79 bits per heavy atom. The van der Waals surface area contributed by atoms with Gasteiger partial charge in [-0.2, -0.15) is 0 Å². The topological polar surface area (TPSA) is 19.6 Å². The molecule has 2 aliphatic rings. The summed E-state index contributed by atoms with van der Waals surface area (Å²) in [4.78, 5) is 5.06. The molecule has 4 heteroatoms. The molecule has 1 radical (unpaired) electrons. The zero-order valence-electron chi connectivity index (χ0n) is 40.3. The van der Waals surface area contributed by atoms with Crippen molar-refractivity contribution in [2.45, 2.75) is 137 Å². The Hall–Kier alpha value is -5.48. The normalized spacial score (nSPS) is 15.7. The highest BCUT2D eigenvalue weighted by atomic mass is 16.3. The van der Waals surface area contributed by atoms with Gasteiger partial charge in [-0.25, -0.2) is 0 Å². The summed E-state index contributed by atoms with van der Waals surface area (Å²) in [6, 6.07) is 44.0. The number of fused-ring (bicyclic) bond motifs is 4. The van der Waals surface area contributed by atoms with Gasteiger partial charge < -0.3 is 14.2 Å². The van der Waals surface area contributed by atoms with Crippen LogP contribution >= 0.6 is 0 Å². The van der Waals surface area contributed by atoms with Gasteiger partial charge in [-0.1, -0.05) is 156 Å². The molecule has 0 N–H and O–H groups in total. The molecule has 7 aromatic rings. The maximum atomic E-state index is 6.49. The number of rotatable bonds is 5. The van der Waals surface area contributed by atoms with Crippen LogP contribution in [0.5, 0.6) is 0 Å². The van der Waals surface area contributed by atoms with Crippen LogP contribution in [0.3, 0.4) is 0 Å². The molecule has 1 aliphatic heterocycles. The fraction of sp³-hybridized carbons (Fsp3) is 0.356. The highest BCUT2D eigenvalue weighted by molar-refractivity contribution is 6.73. The van der Waals surface area contributed by atoms with Crippen LogP contribution < -0.4 is 20.7 Å². The number of nitrogens with zero attached hydrogens (tertiary/aromatic N) is 2. The number of furan rings is 1. The van der Waals surface area contributed by atoms with Gasteiger partial charge in [0.15, 0.2) is 7.28 Å². The zero-order valence-corrected chi connectivity index (χ0v) is 40.3. The predicted octanol–water partition coefficient (Wildman–Crippen LogP) is 15.6. The average Bonchev–Trinajstić information content (AvgIpc) is 3.64. The van der Waals surface area contributed by atoms with E-state index in [4.69, 9.17) is 4.42 Å². The summed E-state index contributed by atoms with van der Waals surface area (Å²) >= 11 is 0. The highest BCUT2D eigenvalue weighted by Gasteiger charge is 2.40. The Kier molecular flexibility index (Phi) is 10.1. The van der Waals surface area contributed by atoms with Crippen molar-refractivity contribution >= 4 is 63.3 Å². The second-order valence-electron chi connectivity index (χ2n) is 23.0. The van der Waals surface area contributed by atoms with Gasteiger partial charge >= 0.3 is 0 Å². The molecule has 0 unspecified atom stereocenters. The third-order valence-electron chi connectivity index (χ3n) is 14.1. The number of benzene rings is 6. The molecule has 0 bridgehead atoms. The van der Waals surface area contributed by atoms with Crippen molar-refractivity contribution in [2.75, 3.05) is 9.80 Å². The van der Waals surface area contributed by atoms with E-state index in [2.05, 4.69) is 229 Å². The molecule has 0 saturated carbocycles. The SMILES string of the molecule is Cc1cc2c(c(N(c3ccc(C(C)(C)C)cc3)c3coc4ccc(C(C)(C)C)cc34)c1)[B]c1cc3c(cc1N2c1ccc(C(C)(C)C)cc1-c1ccccc1)C(C)(C)CCC3(C)C. The molecule has 0 fully saturated rings. The number of hydrogen-bond donors (Lipinski definition) is 0. The molecule has 0 amide bonds. The molecule has 0 atom stereocenters. The van der Waals surface area contributed by atoms with Crippen molar-refractivity contribution in [3.8, 4) is 11.1 Å². The van der Waals surface area contributed by atoms with Gasteiger partial charge in [-0.15, -0.1) is 0 Å². The molecule has 63 heavy (non-hydrogen) atoms. The van der Waals surface area contributed by atoms with Gasteiger partial charge in [0, 0.05) is 33.7 Å². The monoisotopic (exact) mass is 830 g/mol. The molecular formula is C59H66BN2O. The van der Waals surface area contributed by atoms with Crippen molar-refractivity contribution in [2.24, 2.45) is 0 Å². The summed E-state index contributed by atoms with van der Waals surface area (Å²) in [5.74, 6) is 0. The number of aryl methyl sites for hydroxylation is 1. The van der Waals surface area contributed by atoms with Crippen LogP contribution in [0.1, 0.15) is 136 Å². The van der Waals surface area contributed by atoms with Crippen LogP contribution in [0, 0.1) is 6.92 Å². The smallest absolute Gasteiger partial charge is 0.199 e. The molecule has 2 heterocycles. The third kappa shape index (κ3) is 7.62. The first-order valence-corrected chi connectivity index (χ1v) is 23.1. The van der Waals surface area contributed by atoms with E-state index in [0.29, 0.717) is 0 Å². The van der Waals surface area contributed by atoms with E-state index in [1.165, 1.54) is 72.5 Å². The van der Waals surface area contributed by atoms with Crippen LogP contribution in [0.25, 0.3) is 22.1 Å². The third-order valence-corrected chi connectivity index (χ3v) is 14.1. The fourth-order valence-electron chi connectivity index (χ4n) is 9.97. The second kappa shape index (κ2) is 14.8. The summed E-state index contributed by atoms with van der Waals surface area (Å²) in [6.07, 6.45) is 4.28. The molecule has 9 rings (SSSR count). The maximum absolute atomic E-state index is 6.49. The first kappa shape index (κ1) is 42.8. The number of hydrogen-bond acceptors (Lipinski definition) is 3. The van der Waals surface area contributed by atoms with E-state index in [9.17, 15) is 0 Å². The Balaban J connectivity index is 1.37. The number of anilines is 6. The van der Waals surface area contributed by atoms with Crippen LogP contribution in [-0.4, -0.2) is 7.28 Å². The second-order valence-corrected chi connectivity index (χ2v) is 23.0. The Morgan fingerprint density at radius 1 is 0.571 bits per heavy atom. The molecule has 6 aromatic carbocycles. The lowest BCUT2D eigenvalue weighted by atomic mass is 9.55. The van der Waals surface area contributed by atoms with E-state index in [1.807, 2.05) is 6.26 Å². The summed E-state index contributed by atoms with van der Waals surface area (Å²) < 4.78 is 6.49. The minimum atomic E-state index is -0.0249. The molecule has 0 spiro atoms. The first-order chi connectivity index (χ1) is 29.5. The summed E-state index contributed by atoms with van der Waals surface area (Å²) in [6.45, 7) is 32.7. The van der Waals surface area contributed by atoms with Gasteiger partial charge in [0.25, 0.3) is 0 Å². The van der Waals surface area contributed by atoms with Gasteiger partial charge in [0.05, 0.1) is 11.4 Å². The molecule has 1 aliphatic carbocycles. The molecule has 3 nitrogen and oxygen atoms in total. The van der Waals surface area contributed by atoms with E-state index < -0.39 is 0 Å². The van der Waals surface area contributed by atoms with Gasteiger partial charge in [-0.3, -0.25) is 0 Å². The lowest BCUT2D eigenvalue weighted by Gasteiger charge is -2.45. The van der Waals surface area contributed by atoms with Crippen LogP contribution in [0.15, 0.2) is 126 Å². The van der Waals surface area contributed by atoms with Crippen molar-refractivity contribution in [3.05, 3.63) is 155 Å². The largest absolute Gasteiger partial charge is 0.462 e. The van der Waals surface area contributed by atoms with E-state index in [1.54, 1.807) is 0 Å². The minimum absolute atomic E-state index is 0.0186. The zero-order chi connectivity index (χ0) is 45.0. The van der Waals surface area contributed by atoms with Crippen LogP contribution in [0.4, 0.5) is 34.1 Å². The van der Waals surface area contributed by atoms with Crippen LogP contribution in [0.2, 0.25) is 0 Å². The molecule has 321 valence electrons. The highest BCUT2D eigenvalue weighted by Crippen LogP contribution is 2.51. The maximum Gasteiger partial charge on any atom is 0.199 e. The van der Waals surface area contributed by atoms with Crippen molar-refractivity contribution in [1.29, 1.82) is 0 Å². The summed E-state index contributed by atoms with van der Waals surface area (Å²) in [5, 5.41) is 1.10. The van der Waals surface area contributed by atoms with E-state index in [0.717, 1.165) is 40.9 Å². The first-order valence-electron chi connectivity index (χ1n) is 23.1. The Bertz CT molecular complexity index is 2870. The predicted molar refractivity (Wildman–Crippen MR) is 272 cm³/mol. The van der Waals surface area contributed by atoms with Crippen molar-refractivity contribution < 1.29 is 4.42 Å².